The first kappa shape index (κ1) is 19.0. The van der Waals surface area contributed by atoms with Crippen LogP contribution in [0.3, 0.4) is 0 Å². The Morgan fingerprint density at radius 1 is 1.19 bits per heavy atom. The number of thioether (sulfide) groups is 1. The lowest BCUT2D eigenvalue weighted by Gasteiger charge is -2.09. The Balaban J connectivity index is 1.62. The van der Waals surface area contributed by atoms with E-state index in [1.165, 1.54) is 11.8 Å². The molecule has 1 N–H and O–H groups in total. The number of aryl methyl sites for hydroxylation is 1. The highest BCUT2D eigenvalue weighted by Crippen LogP contribution is 2.23. The summed E-state index contributed by atoms with van der Waals surface area (Å²) in [6.07, 6.45) is -0.194. The van der Waals surface area contributed by atoms with Crippen molar-refractivity contribution < 1.29 is 14.3 Å². The Morgan fingerprint density at radius 2 is 1.96 bits per heavy atom. The standard InChI is InChI=1S/C20H21N3O3S/c1-13(2)26-19(25)14-7-6-8-15(11-14)21-18(24)12-27-20-22-16-9-4-5-10-17(16)23(20)3/h4-11,13H,12H2,1-3H3,(H,21,24). The second-order valence-electron chi connectivity index (χ2n) is 6.31. The number of aromatic nitrogens is 2. The second kappa shape index (κ2) is 8.26. The van der Waals surface area contributed by atoms with Crippen molar-refractivity contribution >= 4 is 40.4 Å². The zero-order valence-electron chi connectivity index (χ0n) is 15.4. The second-order valence-corrected chi connectivity index (χ2v) is 7.26. The molecule has 3 aromatic rings. The summed E-state index contributed by atoms with van der Waals surface area (Å²) in [7, 11) is 1.93. The molecule has 6 nitrogen and oxygen atoms in total. The van der Waals surface area contributed by atoms with E-state index >= 15 is 0 Å². The molecule has 1 heterocycles. The summed E-state index contributed by atoms with van der Waals surface area (Å²) in [6, 6.07) is 14.6. The van der Waals surface area contributed by atoms with Crippen LogP contribution >= 0.6 is 11.8 Å². The first-order valence-electron chi connectivity index (χ1n) is 8.59. The predicted octanol–water partition coefficient (Wildman–Crippen LogP) is 3.87. The highest BCUT2D eigenvalue weighted by molar-refractivity contribution is 7.99. The third-order valence-corrected chi connectivity index (χ3v) is 4.83. The number of carbonyl (C=O) groups is 2. The van der Waals surface area contributed by atoms with E-state index in [1.807, 2.05) is 35.9 Å². The first-order valence-corrected chi connectivity index (χ1v) is 9.58. The molecule has 1 amide bonds. The Labute approximate surface area is 161 Å². The van der Waals surface area contributed by atoms with Crippen molar-refractivity contribution in [3.05, 3.63) is 54.1 Å². The van der Waals surface area contributed by atoms with Gasteiger partial charge in [-0.25, -0.2) is 9.78 Å². The molecule has 0 saturated carbocycles. The van der Waals surface area contributed by atoms with Crippen molar-refractivity contribution in [1.82, 2.24) is 9.55 Å². The van der Waals surface area contributed by atoms with Gasteiger partial charge in [0.05, 0.1) is 28.5 Å². The van der Waals surface area contributed by atoms with Crippen LogP contribution in [0.4, 0.5) is 5.69 Å². The van der Waals surface area contributed by atoms with Gasteiger partial charge < -0.3 is 14.6 Å². The zero-order chi connectivity index (χ0) is 19.4. The number of amides is 1. The van der Waals surface area contributed by atoms with Crippen molar-refractivity contribution in [3.63, 3.8) is 0 Å². The number of hydrogen-bond acceptors (Lipinski definition) is 5. The quantitative estimate of drug-likeness (QED) is 0.517. The Morgan fingerprint density at radius 3 is 2.70 bits per heavy atom. The third kappa shape index (κ3) is 4.68. The molecule has 0 bridgehead atoms. The maximum absolute atomic E-state index is 12.3. The van der Waals surface area contributed by atoms with Crippen LogP contribution in [-0.4, -0.2) is 33.3 Å². The average Bonchev–Trinajstić information content (AvgIpc) is 2.96. The number of benzene rings is 2. The molecule has 0 aliphatic heterocycles. The van der Waals surface area contributed by atoms with Gasteiger partial charge in [0, 0.05) is 12.7 Å². The Kier molecular flexibility index (Phi) is 5.81. The molecular weight excluding hydrogens is 362 g/mol. The van der Waals surface area contributed by atoms with Gasteiger partial charge in [-0.15, -0.1) is 0 Å². The van der Waals surface area contributed by atoms with Crippen LogP contribution in [0.15, 0.2) is 53.7 Å². The SMILES string of the molecule is CC(C)OC(=O)c1cccc(NC(=O)CSc2nc3ccccc3n2C)c1. The van der Waals surface area contributed by atoms with Gasteiger partial charge in [0.1, 0.15) is 0 Å². The summed E-state index contributed by atoms with van der Waals surface area (Å²) < 4.78 is 7.14. The fourth-order valence-corrected chi connectivity index (χ4v) is 3.37. The molecule has 0 aliphatic rings. The minimum Gasteiger partial charge on any atom is -0.459 e. The summed E-state index contributed by atoms with van der Waals surface area (Å²) in [4.78, 5) is 28.8. The molecule has 0 unspecified atom stereocenters. The van der Waals surface area contributed by atoms with E-state index in [1.54, 1.807) is 38.1 Å². The number of para-hydroxylation sites is 2. The van der Waals surface area contributed by atoms with Gasteiger partial charge in [0.25, 0.3) is 0 Å². The molecule has 2 aromatic carbocycles. The molecule has 0 atom stereocenters. The number of rotatable bonds is 6. The van der Waals surface area contributed by atoms with E-state index in [-0.39, 0.29) is 17.8 Å². The molecule has 0 radical (unpaired) electrons. The Bertz CT molecular complexity index is 982. The molecule has 0 fully saturated rings. The lowest BCUT2D eigenvalue weighted by atomic mass is 10.2. The van der Waals surface area contributed by atoms with Gasteiger partial charge in [-0.05, 0) is 44.2 Å². The van der Waals surface area contributed by atoms with Crippen molar-refractivity contribution in [2.24, 2.45) is 7.05 Å². The number of anilines is 1. The lowest BCUT2D eigenvalue weighted by molar-refractivity contribution is -0.113. The van der Waals surface area contributed by atoms with Gasteiger partial charge in [0.15, 0.2) is 5.16 Å². The number of nitrogens with one attached hydrogen (secondary N) is 1. The van der Waals surface area contributed by atoms with Gasteiger partial charge >= 0.3 is 5.97 Å². The van der Waals surface area contributed by atoms with Gasteiger partial charge in [-0.1, -0.05) is 30.0 Å². The maximum Gasteiger partial charge on any atom is 0.338 e. The van der Waals surface area contributed by atoms with E-state index < -0.39 is 5.97 Å². The van der Waals surface area contributed by atoms with Crippen LogP contribution in [0, 0.1) is 0 Å². The maximum atomic E-state index is 12.3. The van der Waals surface area contributed by atoms with Crippen molar-refractivity contribution in [2.75, 3.05) is 11.1 Å². The number of esters is 1. The van der Waals surface area contributed by atoms with E-state index in [0.29, 0.717) is 11.3 Å². The van der Waals surface area contributed by atoms with Crippen LogP contribution in [0.5, 0.6) is 0 Å². The van der Waals surface area contributed by atoms with E-state index in [9.17, 15) is 9.59 Å². The number of imidazole rings is 1. The minimum absolute atomic E-state index is 0.165. The predicted molar refractivity (Wildman–Crippen MR) is 107 cm³/mol. The molecule has 0 spiro atoms. The molecule has 3 rings (SSSR count). The van der Waals surface area contributed by atoms with Gasteiger partial charge in [0.2, 0.25) is 5.91 Å². The van der Waals surface area contributed by atoms with E-state index in [2.05, 4.69) is 10.3 Å². The third-order valence-electron chi connectivity index (χ3n) is 3.80. The monoisotopic (exact) mass is 383 g/mol. The minimum atomic E-state index is -0.407. The highest BCUT2D eigenvalue weighted by Gasteiger charge is 2.12. The molecule has 1 aromatic heterocycles. The van der Waals surface area contributed by atoms with Gasteiger partial charge in [-0.3, -0.25) is 4.79 Å². The first-order chi connectivity index (χ1) is 12.9. The van der Waals surface area contributed by atoms with Gasteiger partial charge in [-0.2, -0.15) is 0 Å². The lowest BCUT2D eigenvalue weighted by Crippen LogP contribution is -2.16. The van der Waals surface area contributed by atoms with Crippen LogP contribution < -0.4 is 5.32 Å². The number of nitrogens with zero attached hydrogens (tertiary/aromatic N) is 2. The number of fused-ring (bicyclic) bond motifs is 1. The normalized spacial score (nSPS) is 11.0. The van der Waals surface area contributed by atoms with Crippen LogP contribution in [0.2, 0.25) is 0 Å². The topological polar surface area (TPSA) is 73.2 Å². The van der Waals surface area contributed by atoms with E-state index in [0.717, 1.165) is 16.2 Å². The molecular formula is C20H21N3O3S. The van der Waals surface area contributed by atoms with Crippen LogP contribution in [0.25, 0.3) is 11.0 Å². The number of carbonyl (C=O) groups excluding carboxylic acids is 2. The molecule has 140 valence electrons. The molecule has 0 saturated heterocycles. The fraction of sp³-hybridized carbons (Fsp3) is 0.250. The molecule has 27 heavy (non-hydrogen) atoms. The average molecular weight is 383 g/mol. The Hall–Kier alpha value is -2.80. The highest BCUT2D eigenvalue weighted by atomic mass is 32.2. The summed E-state index contributed by atoms with van der Waals surface area (Å²) in [5.74, 6) is -0.353. The number of ether oxygens (including phenoxy) is 1. The van der Waals surface area contributed by atoms with Crippen molar-refractivity contribution in [2.45, 2.75) is 25.1 Å². The van der Waals surface area contributed by atoms with E-state index in [4.69, 9.17) is 4.74 Å². The summed E-state index contributed by atoms with van der Waals surface area (Å²) in [5, 5.41) is 3.59. The smallest absolute Gasteiger partial charge is 0.338 e. The summed E-state index contributed by atoms with van der Waals surface area (Å²) in [6.45, 7) is 3.59. The van der Waals surface area contributed by atoms with Crippen molar-refractivity contribution in [1.29, 1.82) is 0 Å². The summed E-state index contributed by atoms with van der Waals surface area (Å²) >= 11 is 1.37. The fourth-order valence-electron chi connectivity index (χ4n) is 2.59. The number of hydrogen-bond donors (Lipinski definition) is 1. The molecule has 7 heteroatoms. The zero-order valence-corrected chi connectivity index (χ0v) is 16.2. The molecule has 0 aliphatic carbocycles. The van der Waals surface area contributed by atoms with Crippen LogP contribution in [-0.2, 0) is 16.6 Å². The summed E-state index contributed by atoms with van der Waals surface area (Å²) in [5.41, 5.74) is 2.89. The van der Waals surface area contributed by atoms with Crippen LogP contribution in [0.1, 0.15) is 24.2 Å². The largest absolute Gasteiger partial charge is 0.459 e. The van der Waals surface area contributed by atoms with Crippen molar-refractivity contribution in [3.8, 4) is 0 Å².